The minimum absolute atomic E-state index is 0.0949. The molecule has 2 aromatic carbocycles. The highest BCUT2D eigenvalue weighted by atomic mass is 16.5. The molecule has 29 heavy (non-hydrogen) atoms. The van der Waals surface area contributed by atoms with Crippen LogP contribution in [-0.4, -0.2) is 54.6 Å². The summed E-state index contributed by atoms with van der Waals surface area (Å²) < 4.78 is 11.6. The highest BCUT2D eigenvalue weighted by Crippen LogP contribution is 2.40. The van der Waals surface area contributed by atoms with E-state index in [1.165, 1.54) is 11.1 Å². The van der Waals surface area contributed by atoms with Crippen molar-refractivity contribution in [3.05, 3.63) is 58.7 Å². The molecule has 0 bridgehead atoms. The molecule has 5 rings (SSSR count). The van der Waals surface area contributed by atoms with Gasteiger partial charge in [-0.25, -0.2) is 0 Å². The number of amides is 1. The molecule has 0 radical (unpaired) electrons. The Labute approximate surface area is 172 Å². The number of fused-ring (bicyclic) bond motifs is 2. The van der Waals surface area contributed by atoms with Crippen LogP contribution < -0.4 is 9.47 Å². The lowest BCUT2D eigenvalue weighted by Gasteiger charge is -2.35. The first-order valence-corrected chi connectivity index (χ1v) is 10.7. The number of ether oxygens (including phenoxy) is 2. The molecule has 0 saturated carbocycles. The van der Waals surface area contributed by atoms with Crippen LogP contribution in [0.2, 0.25) is 0 Å². The molecule has 3 heterocycles. The predicted molar refractivity (Wildman–Crippen MR) is 112 cm³/mol. The molecular formula is C24H28N2O3. The van der Waals surface area contributed by atoms with Gasteiger partial charge in [0.25, 0.3) is 5.91 Å². The number of rotatable bonds is 3. The maximum Gasteiger partial charge on any atom is 0.257 e. The molecule has 3 aliphatic heterocycles. The molecule has 152 valence electrons. The molecule has 1 fully saturated rings. The number of carbonyl (C=O) groups excluding carboxylic acids is 1. The molecule has 0 unspecified atom stereocenters. The van der Waals surface area contributed by atoms with Crippen LogP contribution in [-0.2, 0) is 13.0 Å². The van der Waals surface area contributed by atoms with Gasteiger partial charge in [-0.3, -0.25) is 9.69 Å². The van der Waals surface area contributed by atoms with E-state index < -0.39 is 0 Å². The van der Waals surface area contributed by atoms with Gasteiger partial charge in [-0.2, -0.15) is 0 Å². The molecule has 0 aliphatic carbocycles. The number of hydrogen-bond acceptors (Lipinski definition) is 4. The van der Waals surface area contributed by atoms with E-state index >= 15 is 0 Å². The molecule has 5 nitrogen and oxygen atoms in total. The van der Waals surface area contributed by atoms with Crippen LogP contribution in [0.3, 0.4) is 0 Å². The van der Waals surface area contributed by atoms with Crippen LogP contribution in [0.4, 0.5) is 0 Å². The van der Waals surface area contributed by atoms with E-state index in [2.05, 4.69) is 43.0 Å². The minimum Gasteiger partial charge on any atom is -0.493 e. The summed E-state index contributed by atoms with van der Waals surface area (Å²) >= 11 is 0. The van der Waals surface area contributed by atoms with E-state index in [4.69, 9.17) is 9.47 Å². The van der Waals surface area contributed by atoms with Crippen molar-refractivity contribution in [2.24, 2.45) is 0 Å². The maximum atomic E-state index is 13.2. The average molecular weight is 392 g/mol. The van der Waals surface area contributed by atoms with E-state index in [1.807, 2.05) is 17.0 Å². The number of para-hydroxylation sites is 1. The van der Waals surface area contributed by atoms with Crippen molar-refractivity contribution in [3.63, 3.8) is 0 Å². The van der Waals surface area contributed by atoms with Crippen molar-refractivity contribution >= 4 is 5.91 Å². The Morgan fingerprint density at radius 3 is 2.76 bits per heavy atom. The molecular weight excluding hydrogens is 364 g/mol. The standard InChI is InChI=1S/C24H28N2O3/c1-16-17(2)29-23-20(16)4-3-5-21(23)24(27)26-11-9-25(10-12-26)15-18-6-7-22-19(14-18)8-13-28-22/h3-7,14,16-17H,8-13,15H2,1-2H3/t16-,17+/m1/s1. The first-order chi connectivity index (χ1) is 14.1. The van der Waals surface area contributed by atoms with Gasteiger partial charge in [-0.1, -0.05) is 31.2 Å². The fourth-order valence-electron chi connectivity index (χ4n) is 4.63. The number of hydrogen-bond donors (Lipinski definition) is 0. The van der Waals surface area contributed by atoms with Gasteiger partial charge in [0.15, 0.2) is 0 Å². The summed E-state index contributed by atoms with van der Waals surface area (Å²) in [4.78, 5) is 17.6. The Hall–Kier alpha value is -2.53. The first-order valence-electron chi connectivity index (χ1n) is 10.7. The zero-order valence-corrected chi connectivity index (χ0v) is 17.2. The van der Waals surface area contributed by atoms with Crippen molar-refractivity contribution < 1.29 is 14.3 Å². The molecule has 2 atom stereocenters. The molecule has 0 spiro atoms. The summed E-state index contributed by atoms with van der Waals surface area (Å²) in [7, 11) is 0. The van der Waals surface area contributed by atoms with Gasteiger partial charge in [0.2, 0.25) is 0 Å². The fourth-order valence-corrected chi connectivity index (χ4v) is 4.63. The van der Waals surface area contributed by atoms with Gasteiger partial charge in [0.1, 0.15) is 17.6 Å². The van der Waals surface area contributed by atoms with Crippen LogP contribution in [0.1, 0.15) is 46.8 Å². The number of benzene rings is 2. The lowest BCUT2D eigenvalue weighted by atomic mass is 9.96. The molecule has 1 saturated heterocycles. The Morgan fingerprint density at radius 2 is 1.93 bits per heavy atom. The van der Waals surface area contributed by atoms with Gasteiger partial charge in [-0.05, 0) is 30.2 Å². The summed E-state index contributed by atoms with van der Waals surface area (Å²) in [6.07, 6.45) is 1.13. The largest absolute Gasteiger partial charge is 0.493 e. The van der Waals surface area contributed by atoms with Gasteiger partial charge < -0.3 is 14.4 Å². The van der Waals surface area contributed by atoms with E-state index in [-0.39, 0.29) is 12.0 Å². The average Bonchev–Trinajstić information content (AvgIpc) is 3.32. The van der Waals surface area contributed by atoms with E-state index in [1.54, 1.807) is 0 Å². The second-order valence-electron chi connectivity index (χ2n) is 8.44. The molecule has 2 aromatic rings. The first kappa shape index (κ1) is 18.5. The summed E-state index contributed by atoms with van der Waals surface area (Å²) in [5, 5.41) is 0. The maximum absolute atomic E-state index is 13.2. The van der Waals surface area contributed by atoms with Crippen LogP contribution in [0.5, 0.6) is 11.5 Å². The third-order valence-electron chi connectivity index (χ3n) is 6.59. The van der Waals surface area contributed by atoms with Crippen LogP contribution in [0, 0.1) is 0 Å². The van der Waals surface area contributed by atoms with Gasteiger partial charge in [0, 0.05) is 50.6 Å². The summed E-state index contributed by atoms with van der Waals surface area (Å²) in [5.41, 5.74) is 4.51. The smallest absolute Gasteiger partial charge is 0.257 e. The Bertz CT molecular complexity index is 934. The molecule has 0 aromatic heterocycles. The highest BCUT2D eigenvalue weighted by molar-refractivity contribution is 5.97. The lowest BCUT2D eigenvalue weighted by molar-refractivity contribution is 0.0623. The molecule has 3 aliphatic rings. The van der Waals surface area contributed by atoms with Crippen LogP contribution in [0.15, 0.2) is 36.4 Å². The van der Waals surface area contributed by atoms with Crippen molar-refractivity contribution in [1.82, 2.24) is 9.80 Å². The second-order valence-corrected chi connectivity index (χ2v) is 8.44. The summed E-state index contributed by atoms with van der Waals surface area (Å²) in [6.45, 7) is 9.24. The fraction of sp³-hybridized carbons (Fsp3) is 0.458. The summed E-state index contributed by atoms with van der Waals surface area (Å²) in [5.74, 6) is 2.25. The Morgan fingerprint density at radius 1 is 1.10 bits per heavy atom. The topological polar surface area (TPSA) is 42.0 Å². The summed E-state index contributed by atoms with van der Waals surface area (Å²) in [6, 6.07) is 12.5. The van der Waals surface area contributed by atoms with Gasteiger partial charge >= 0.3 is 0 Å². The van der Waals surface area contributed by atoms with E-state index in [0.717, 1.165) is 62.8 Å². The van der Waals surface area contributed by atoms with Crippen LogP contribution in [0.25, 0.3) is 0 Å². The quantitative estimate of drug-likeness (QED) is 0.802. The third kappa shape index (κ3) is 3.38. The predicted octanol–water partition coefficient (Wildman–Crippen LogP) is 3.46. The highest BCUT2D eigenvalue weighted by Gasteiger charge is 2.33. The van der Waals surface area contributed by atoms with Crippen molar-refractivity contribution in [3.8, 4) is 11.5 Å². The molecule has 5 heteroatoms. The molecule has 0 N–H and O–H groups in total. The van der Waals surface area contributed by atoms with E-state index in [0.29, 0.717) is 11.5 Å². The number of nitrogens with zero attached hydrogens (tertiary/aromatic N) is 2. The normalized spacial score (nSPS) is 23.3. The SMILES string of the molecule is C[C@@H]1Oc2c(C(=O)N3CCN(Cc4ccc5c(c4)CCO5)CC3)cccc2[C@@H]1C. The minimum atomic E-state index is 0.0949. The lowest BCUT2D eigenvalue weighted by Crippen LogP contribution is -2.48. The Kier molecular flexibility index (Phi) is 4.70. The van der Waals surface area contributed by atoms with Crippen LogP contribution >= 0.6 is 0 Å². The van der Waals surface area contributed by atoms with Gasteiger partial charge in [0.05, 0.1) is 12.2 Å². The zero-order valence-electron chi connectivity index (χ0n) is 17.2. The van der Waals surface area contributed by atoms with Crippen molar-refractivity contribution in [2.45, 2.75) is 38.8 Å². The van der Waals surface area contributed by atoms with E-state index in [9.17, 15) is 4.79 Å². The van der Waals surface area contributed by atoms with Crippen molar-refractivity contribution in [2.75, 3.05) is 32.8 Å². The van der Waals surface area contributed by atoms with Crippen molar-refractivity contribution in [1.29, 1.82) is 0 Å². The molecule has 1 amide bonds. The zero-order chi connectivity index (χ0) is 20.0. The Balaban J connectivity index is 1.23. The third-order valence-corrected chi connectivity index (χ3v) is 6.59. The number of carbonyl (C=O) groups is 1. The van der Waals surface area contributed by atoms with Gasteiger partial charge in [-0.15, -0.1) is 0 Å². The number of piperazine rings is 1. The second kappa shape index (κ2) is 7.38. The monoisotopic (exact) mass is 392 g/mol.